The smallest absolute Gasteiger partial charge is 0.264 e. The highest BCUT2D eigenvalue weighted by atomic mass is 35.5. The van der Waals surface area contributed by atoms with Crippen LogP contribution in [0.2, 0.25) is 5.02 Å². The number of amides is 1. The first kappa shape index (κ1) is 26.3. The highest BCUT2D eigenvalue weighted by Crippen LogP contribution is 2.39. The number of carbonyl (C=O) groups excluding carboxylic acids is 1. The number of carbonyl (C=O) groups is 1. The highest BCUT2D eigenvalue weighted by Gasteiger charge is 2.37. The molecule has 1 fully saturated rings. The maximum Gasteiger partial charge on any atom is 0.264 e. The second-order valence-electron chi connectivity index (χ2n) is 9.45. The van der Waals surface area contributed by atoms with Crippen LogP contribution in [-0.4, -0.2) is 52.1 Å². The maximum absolute atomic E-state index is 13.6. The molecule has 10 heteroatoms. The third-order valence-corrected chi connectivity index (χ3v) is 8.82. The van der Waals surface area contributed by atoms with Crippen molar-refractivity contribution in [1.29, 1.82) is 0 Å². The van der Waals surface area contributed by atoms with Crippen molar-refractivity contribution >= 4 is 33.2 Å². The average Bonchev–Trinajstić information content (AvgIpc) is 3.44. The van der Waals surface area contributed by atoms with E-state index in [9.17, 15) is 13.2 Å². The van der Waals surface area contributed by atoms with E-state index in [0.717, 1.165) is 25.2 Å². The zero-order valence-electron chi connectivity index (χ0n) is 21.1. The molecule has 0 aliphatic carbocycles. The van der Waals surface area contributed by atoms with Crippen LogP contribution in [0.4, 0.5) is 5.69 Å². The van der Waals surface area contributed by atoms with E-state index in [1.165, 1.54) is 48.0 Å². The summed E-state index contributed by atoms with van der Waals surface area (Å²) in [5.74, 6) is 0.409. The fourth-order valence-electron chi connectivity index (χ4n) is 4.80. The Labute approximate surface area is 228 Å². The first-order valence-corrected chi connectivity index (χ1v) is 14.4. The topological polar surface area (TPSA) is 88.2 Å². The van der Waals surface area contributed by atoms with E-state index in [1.54, 1.807) is 24.3 Å². The Kier molecular flexibility index (Phi) is 7.78. The fourth-order valence-corrected chi connectivity index (χ4v) is 6.44. The minimum Gasteiger partial charge on any atom is -0.497 e. The predicted molar refractivity (Wildman–Crippen MR) is 146 cm³/mol. The van der Waals surface area contributed by atoms with Gasteiger partial charge in [-0.25, -0.2) is 8.42 Å². The number of anilines is 1. The molecule has 1 N–H and O–H groups in total. The largest absolute Gasteiger partial charge is 0.497 e. The van der Waals surface area contributed by atoms with Crippen LogP contribution in [0.5, 0.6) is 11.5 Å². The normalized spacial score (nSPS) is 17.5. The molecule has 1 atom stereocenters. The number of sulfonamides is 1. The summed E-state index contributed by atoms with van der Waals surface area (Å²) in [6, 6.07) is 19.0. The predicted octanol–water partition coefficient (Wildman–Crippen LogP) is 4.22. The highest BCUT2D eigenvalue weighted by molar-refractivity contribution is 7.92. The second kappa shape index (κ2) is 11.2. The quantitative estimate of drug-likeness (QED) is 0.448. The summed E-state index contributed by atoms with van der Waals surface area (Å²) in [6.45, 7) is 3.24. The van der Waals surface area contributed by atoms with Gasteiger partial charge in [0.1, 0.15) is 11.5 Å². The molecule has 5 rings (SSSR count). The van der Waals surface area contributed by atoms with Gasteiger partial charge in [-0.2, -0.15) is 0 Å². The molecule has 0 radical (unpaired) electrons. The molecule has 0 bridgehead atoms. The average molecular weight is 556 g/mol. The van der Waals surface area contributed by atoms with Gasteiger partial charge in [0.2, 0.25) is 0 Å². The molecule has 38 heavy (non-hydrogen) atoms. The van der Waals surface area contributed by atoms with Crippen LogP contribution in [0.15, 0.2) is 71.6 Å². The Morgan fingerprint density at radius 2 is 1.79 bits per heavy atom. The molecular formula is C28H30ClN3O5S. The summed E-state index contributed by atoms with van der Waals surface area (Å²) in [6.07, 6.45) is 1.43. The van der Waals surface area contributed by atoms with Crippen LogP contribution in [0.25, 0.3) is 0 Å². The number of nitrogens with one attached hydrogen (secondary N) is 1. The number of benzene rings is 3. The van der Waals surface area contributed by atoms with E-state index in [4.69, 9.17) is 21.1 Å². The summed E-state index contributed by atoms with van der Waals surface area (Å²) in [5.41, 5.74) is 2.46. The third-order valence-electron chi connectivity index (χ3n) is 6.79. The molecule has 1 saturated heterocycles. The molecule has 0 unspecified atom stereocenters. The van der Waals surface area contributed by atoms with Crippen molar-refractivity contribution < 1.29 is 22.7 Å². The molecule has 2 aliphatic heterocycles. The van der Waals surface area contributed by atoms with Crippen LogP contribution < -0.4 is 19.1 Å². The minimum atomic E-state index is -4.01. The van der Waals surface area contributed by atoms with Crippen LogP contribution in [0.3, 0.4) is 0 Å². The van der Waals surface area contributed by atoms with Gasteiger partial charge in [-0.15, -0.1) is 0 Å². The maximum atomic E-state index is 13.6. The lowest BCUT2D eigenvalue weighted by atomic mass is 10.1. The van der Waals surface area contributed by atoms with Crippen molar-refractivity contribution in [2.24, 2.45) is 0 Å². The zero-order valence-corrected chi connectivity index (χ0v) is 22.7. The summed E-state index contributed by atoms with van der Waals surface area (Å²) in [7, 11) is -2.50. The van der Waals surface area contributed by atoms with Gasteiger partial charge in [-0.1, -0.05) is 35.9 Å². The van der Waals surface area contributed by atoms with Crippen molar-refractivity contribution in [3.8, 4) is 11.5 Å². The molecule has 2 aliphatic rings. The Bertz CT molecular complexity index is 1410. The SMILES string of the molecule is COc1ccc(S(=O)(=O)N2C[C@H](C(=O)NCc3cccc(CN4CCCC4)c3)Oc3ccc(Cl)cc32)cc1. The Hall–Kier alpha value is -3.27. The van der Waals surface area contributed by atoms with E-state index < -0.39 is 22.0 Å². The number of nitrogens with zero attached hydrogens (tertiary/aromatic N) is 2. The number of methoxy groups -OCH3 is 1. The van der Waals surface area contributed by atoms with Gasteiger partial charge in [0.05, 0.1) is 24.2 Å². The number of halogens is 1. The van der Waals surface area contributed by atoms with Gasteiger partial charge >= 0.3 is 0 Å². The zero-order chi connectivity index (χ0) is 26.7. The van der Waals surface area contributed by atoms with Crippen molar-refractivity contribution in [1.82, 2.24) is 10.2 Å². The Balaban J connectivity index is 1.33. The lowest BCUT2D eigenvalue weighted by molar-refractivity contribution is -0.127. The van der Waals surface area contributed by atoms with Gasteiger partial charge in [0.25, 0.3) is 15.9 Å². The monoisotopic (exact) mass is 555 g/mol. The van der Waals surface area contributed by atoms with E-state index in [-0.39, 0.29) is 22.9 Å². The standard InChI is InChI=1S/C28H30ClN3O5S/c1-36-23-8-10-24(11-9-23)38(34,35)32-19-27(37-26-12-7-22(29)16-25(26)32)28(33)30-17-20-5-4-6-21(15-20)18-31-13-2-3-14-31/h4-12,15-16,27H,2-3,13-14,17-19H2,1H3,(H,30,33)/t27-/m1/s1. The van der Waals surface area contributed by atoms with Gasteiger partial charge < -0.3 is 14.8 Å². The minimum absolute atomic E-state index is 0.0695. The van der Waals surface area contributed by atoms with E-state index in [1.807, 2.05) is 12.1 Å². The molecule has 3 aromatic carbocycles. The lowest BCUT2D eigenvalue weighted by Gasteiger charge is -2.35. The number of ether oxygens (including phenoxy) is 2. The summed E-state index contributed by atoms with van der Waals surface area (Å²) in [5, 5.41) is 3.28. The van der Waals surface area contributed by atoms with E-state index >= 15 is 0 Å². The van der Waals surface area contributed by atoms with Crippen LogP contribution in [-0.2, 0) is 27.9 Å². The molecule has 2 heterocycles. The molecule has 200 valence electrons. The van der Waals surface area contributed by atoms with Gasteiger partial charge in [0.15, 0.2) is 6.10 Å². The molecule has 3 aromatic rings. The second-order valence-corrected chi connectivity index (χ2v) is 11.7. The number of fused-ring (bicyclic) bond motifs is 1. The first-order chi connectivity index (χ1) is 18.3. The van der Waals surface area contributed by atoms with Crippen LogP contribution in [0.1, 0.15) is 24.0 Å². The van der Waals surface area contributed by atoms with Gasteiger partial charge in [-0.05, 0) is 79.5 Å². The van der Waals surface area contributed by atoms with E-state index in [0.29, 0.717) is 17.3 Å². The van der Waals surface area contributed by atoms with Gasteiger partial charge in [0, 0.05) is 18.1 Å². The Morgan fingerprint density at radius 1 is 1.05 bits per heavy atom. The number of hydrogen-bond acceptors (Lipinski definition) is 6. The van der Waals surface area contributed by atoms with E-state index in [2.05, 4.69) is 22.3 Å². The van der Waals surface area contributed by atoms with Crippen molar-refractivity contribution in [2.75, 3.05) is 31.0 Å². The van der Waals surface area contributed by atoms with Gasteiger partial charge in [-0.3, -0.25) is 14.0 Å². The molecular weight excluding hydrogens is 526 g/mol. The van der Waals surface area contributed by atoms with Crippen LogP contribution in [0, 0.1) is 0 Å². The fraction of sp³-hybridized carbons (Fsp3) is 0.321. The number of hydrogen-bond donors (Lipinski definition) is 1. The molecule has 8 nitrogen and oxygen atoms in total. The van der Waals surface area contributed by atoms with Crippen molar-refractivity contribution in [3.63, 3.8) is 0 Å². The summed E-state index contributed by atoms with van der Waals surface area (Å²) >= 11 is 6.18. The molecule has 0 aromatic heterocycles. The van der Waals surface area contributed by atoms with Crippen LogP contribution >= 0.6 is 11.6 Å². The summed E-state index contributed by atoms with van der Waals surface area (Å²) < 4.78 is 39.6. The molecule has 1 amide bonds. The Morgan fingerprint density at radius 3 is 2.53 bits per heavy atom. The summed E-state index contributed by atoms with van der Waals surface area (Å²) in [4.78, 5) is 15.7. The molecule has 0 spiro atoms. The number of rotatable bonds is 8. The van der Waals surface area contributed by atoms with Crippen molar-refractivity contribution in [2.45, 2.75) is 36.9 Å². The molecule has 0 saturated carbocycles. The third kappa shape index (κ3) is 5.75. The number of likely N-dealkylation sites (tertiary alicyclic amines) is 1. The lowest BCUT2D eigenvalue weighted by Crippen LogP contribution is -2.50. The first-order valence-electron chi connectivity index (χ1n) is 12.5. The van der Waals surface area contributed by atoms with Crippen molar-refractivity contribution in [3.05, 3.63) is 82.9 Å².